The minimum Gasteiger partial charge on any atom is -0.327 e. The highest BCUT2D eigenvalue weighted by atomic mass is 19.1. The minimum absolute atomic E-state index is 0.0477. The van der Waals surface area contributed by atoms with Crippen LogP contribution in [0.3, 0.4) is 0 Å². The molecule has 1 rings (SSSR count). The van der Waals surface area contributed by atoms with Gasteiger partial charge in [-0.2, -0.15) is 0 Å². The van der Waals surface area contributed by atoms with Crippen molar-refractivity contribution in [2.45, 2.75) is 33.2 Å². The van der Waals surface area contributed by atoms with Crippen LogP contribution in [-0.4, -0.2) is 11.8 Å². The van der Waals surface area contributed by atoms with Crippen LogP contribution in [0.2, 0.25) is 0 Å². The van der Waals surface area contributed by atoms with Gasteiger partial charge in [0.25, 0.3) is 0 Å². The van der Waals surface area contributed by atoms with Crippen LogP contribution in [0.1, 0.15) is 37.6 Å². The summed E-state index contributed by atoms with van der Waals surface area (Å²) in [5, 5.41) is 0. The molecule has 0 bridgehead atoms. The van der Waals surface area contributed by atoms with Crippen LogP contribution >= 0.6 is 0 Å². The molecule has 0 saturated heterocycles. The van der Waals surface area contributed by atoms with Crippen molar-refractivity contribution >= 4 is 5.78 Å². The average molecular weight is 241 g/mol. The molecule has 0 aliphatic heterocycles. The van der Waals surface area contributed by atoms with Gasteiger partial charge in [0.15, 0.2) is 5.78 Å². The van der Waals surface area contributed by atoms with Crippen molar-refractivity contribution in [2.24, 2.45) is 11.1 Å². The number of hydrogen-bond donors (Lipinski definition) is 1. The van der Waals surface area contributed by atoms with Crippen LogP contribution in [0.4, 0.5) is 8.78 Å². The van der Waals surface area contributed by atoms with E-state index in [-0.39, 0.29) is 23.4 Å². The molecule has 0 fully saturated rings. The largest absolute Gasteiger partial charge is 0.327 e. The zero-order valence-corrected chi connectivity index (χ0v) is 10.3. The average Bonchev–Trinajstić information content (AvgIpc) is 2.15. The van der Waals surface area contributed by atoms with Gasteiger partial charge in [0, 0.05) is 18.5 Å². The third-order valence-corrected chi connectivity index (χ3v) is 2.75. The maximum atomic E-state index is 13.3. The number of rotatable bonds is 3. The van der Waals surface area contributed by atoms with Crippen LogP contribution in [0.5, 0.6) is 0 Å². The monoisotopic (exact) mass is 241 g/mol. The molecule has 4 heteroatoms. The summed E-state index contributed by atoms with van der Waals surface area (Å²) >= 11 is 0. The second-order valence-electron chi connectivity index (χ2n) is 5.22. The Bertz CT molecular complexity index is 424. The third kappa shape index (κ3) is 3.60. The number of ketones is 1. The van der Waals surface area contributed by atoms with Crippen LogP contribution in [0.15, 0.2) is 18.2 Å². The first-order chi connectivity index (χ1) is 7.71. The third-order valence-electron chi connectivity index (χ3n) is 2.75. The zero-order chi connectivity index (χ0) is 13.2. The lowest BCUT2D eigenvalue weighted by Gasteiger charge is -2.26. The first kappa shape index (κ1) is 13.8. The number of halogens is 2. The molecule has 2 N–H and O–H groups in total. The van der Waals surface area contributed by atoms with Crippen molar-refractivity contribution in [3.05, 3.63) is 35.4 Å². The lowest BCUT2D eigenvalue weighted by molar-refractivity contribution is 0.0949. The van der Waals surface area contributed by atoms with Crippen LogP contribution in [0, 0.1) is 17.0 Å². The van der Waals surface area contributed by atoms with Gasteiger partial charge < -0.3 is 5.73 Å². The Kier molecular flexibility index (Phi) is 3.98. The Balaban J connectivity index is 2.84. The van der Waals surface area contributed by atoms with E-state index in [1.165, 1.54) is 0 Å². The standard InChI is InChI=1S/C13H17F2NO/c1-13(2,3)12(16)7-11(17)9-5-4-8(14)6-10(9)15/h4-6,12H,7,16H2,1-3H3. The summed E-state index contributed by atoms with van der Waals surface area (Å²) in [6.07, 6.45) is 0.0477. The van der Waals surface area contributed by atoms with Crippen molar-refractivity contribution in [2.75, 3.05) is 0 Å². The van der Waals surface area contributed by atoms with Gasteiger partial charge in [-0.3, -0.25) is 4.79 Å². The summed E-state index contributed by atoms with van der Waals surface area (Å²) in [4.78, 5) is 11.8. The van der Waals surface area contributed by atoms with E-state index in [9.17, 15) is 13.6 Å². The van der Waals surface area contributed by atoms with E-state index in [1.807, 2.05) is 20.8 Å². The quantitative estimate of drug-likeness (QED) is 0.827. The number of carbonyl (C=O) groups is 1. The molecule has 0 aliphatic carbocycles. The molecule has 1 atom stereocenters. The van der Waals surface area contributed by atoms with Crippen LogP contribution in [0.25, 0.3) is 0 Å². The fourth-order valence-electron chi connectivity index (χ4n) is 1.33. The maximum absolute atomic E-state index is 13.3. The molecule has 94 valence electrons. The van der Waals surface area contributed by atoms with Crippen LogP contribution < -0.4 is 5.73 Å². The highest BCUT2D eigenvalue weighted by Crippen LogP contribution is 2.22. The molecule has 1 aromatic rings. The van der Waals surface area contributed by atoms with Gasteiger partial charge in [-0.1, -0.05) is 20.8 Å². The predicted octanol–water partition coefficient (Wildman–Crippen LogP) is 2.91. The van der Waals surface area contributed by atoms with E-state index in [0.717, 1.165) is 12.1 Å². The first-order valence-electron chi connectivity index (χ1n) is 5.45. The van der Waals surface area contributed by atoms with Crippen molar-refractivity contribution in [3.8, 4) is 0 Å². The summed E-state index contributed by atoms with van der Waals surface area (Å²) in [5.41, 5.74) is 5.52. The lowest BCUT2D eigenvalue weighted by Crippen LogP contribution is -2.37. The topological polar surface area (TPSA) is 43.1 Å². The van der Waals surface area contributed by atoms with Crippen molar-refractivity contribution in [1.82, 2.24) is 0 Å². The summed E-state index contributed by atoms with van der Waals surface area (Å²) < 4.78 is 26.0. The number of carbonyl (C=O) groups excluding carboxylic acids is 1. The fraction of sp³-hybridized carbons (Fsp3) is 0.462. The Morgan fingerprint density at radius 1 is 1.35 bits per heavy atom. The summed E-state index contributed by atoms with van der Waals surface area (Å²) in [7, 11) is 0. The molecule has 0 spiro atoms. The molecule has 1 unspecified atom stereocenters. The van der Waals surface area contributed by atoms with Gasteiger partial charge in [0.2, 0.25) is 0 Å². The summed E-state index contributed by atoms with van der Waals surface area (Å²) in [6.45, 7) is 5.73. The Labute approximate surface area is 99.8 Å². The molecule has 0 aromatic heterocycles. The molecule has 17 heavy (non-hydrogen) atoms. The smallest absolute Gasteiger partial charge is 0.167 e. The van der Waals surface area contributed by atoms with Crippen LogP contribution in [-0.2, 0) is 0 Å². The Morgan fingerprint density at radius 2 is 1.94 bits per heavy atom. The summed E-state index contributed by atoms with van der Waals surface area (Å²) in [5.74, 6) is -1.93. The van der Waals surface area contributed by atoms with Gasteiger partial charge in [-0.25, -0.2) is 8.78 Å². The van der Waals surface area contributed by atoms with E-state index in [0.29, 0.717) is 6.07 Å². The predicted molar refractivity (Wildman–Crippen MR) is 62.7 cm³/mol. The Morgan fingerprint density at radius 3 is 2.41 bits per heavy atom. The second-order valence-corrected chi connectivity index (χ2v) is 5.22. The molecule has 0 saturated carbocycles. The number of Topliss-reactive ketones (excluding diaryl/α,β-unsaturated/α-hetero) is 1. The van der Waals surface area contributed by atoms with Crippen molar-refractivity contribution < 1.29 is 13.6 Å². The lowest BCUT2D eigenvalue weighted by atomic mass is 9.83. The van der Waals surface area contributed by atoms with Gasteiger partial charge in [0.1, 0.15) is 11.6 Å². The Hall–Kier alpha value is -1.29. The molecular formula is C13H17F2NO. The van der Waals surface area contributed by atoms with E-state index >= 15 is 0 Å². The first-order valence-corrected chi connectivity index (χ1v) is 5.45. The fourth-order valence-corrected chi connectivity index (χ4v) is 1.33. The highest BCUT2D eigenvalue weighted by molar-refractivity contribution is 5.96. The second kappa shape index (κ2) is 4.92. The van der Waals surface area contributed by atoms with E-state index in [2.05, 4.69) is 0 Å². The van der Waals surface area contributed by atoms with Gasteiger partial charge >= 0.3 is 0 Å². The molecule has 0 radical (unpaired) electrons. The maximum Gasteiger partial charge on any atom is 0.167 e. The molecule has 1 aromatic carbocycles. The number of hydrogen-bond acceptors (Lipinski definition) is 2. The number of benzene rings is 1. The van der Waals surface area contributed by atoms with Gasteiger partial charge in [-0.05, 0) is 17.5 Å². The SMILES string of the molecule is CC(C)(C)C(N)CC(=O)c1ccc(F)cc1F. The van der Waals surface area contributed by atoms with Gasteiger partial charge in [0.05, 0.1) is 5.56 Å². The van der Waals surface area contributed by atoms with E-state index in [4.69, 9.17) is 5.73 Å². The minimum atomic E-state index is -0.837. The zero-order valence-electron chi connectivity index (χ0n) is 10.3. The normalized spacial score (nSPS) is 13.5. The molecule has 2 nitrogen and oxygen atoms in total. The van der Waals surface area contributed by atoms with Crippen molar-refractivity contribution in [1.29, 1.82) is 0 Å². The molecule has 0 aliphatic rings. The number of nitrogens with two attached hydrogens (primary N) is 1. The van der Waals surface area contributed by atoms with E-state index < -0.39 is 17.4 Å². The van der Waals surface area contributed by atoms with E-state index in [1.54, 1.807) is 0 Å². The summed E-state index contributed by atoms with van der Waals surface area (Å²) in [6, 6.07) is 2.57. The molecule has 0 amide bonds. The van der Waals surface area contributed by atoms with Gasteiger partial charge in [-0.15, -0.1) is 0 Å². The molecule has 0 heterocycles. The van der Waals surface area contributed by atoms with Crippen molar-refractivity contribution in [3.63, 3.8) is 0 Å². The molecular weight excluding hydrogens is 224 g/mol. The highest BCUT2D eigenvalue weighted by Gasteiger charge is 2.24.